The predicted octanol–water partition coefficient (Wildman–Crippen LogP) is 3.02. The van der Waals surface area contributed by atoms with Gasteiger partial charge in [0.25, 0.3) is 5.91 Å². The quantitative estimate of drug-likeness (QED) is 0.433. The van der Waals surface area contributed by atoms with Crippen molar-refractivity contribution in [2.24, 2.45) is 0 Å². The Balaban J connectivity index is 1.31. The first-order chi connectivity index (χ1) is 16.2. The average molecular weight is 452 g/mol. The lowest BCUT2D eigenvalue weighted by Gasteiger charge is -2.26. The summed E-state index contributed by atoms with van der Waals surface area (Å²) in [7, 11) is 0. The SMILES string of the molecule is N=Cc1cnc(Nc2ccc(C(=O)NCCN3CCOCC3)cc2)nc1NC1CCCCC1. The molecule has 9 nitrogen and oxygen atoms in total. The van der Waals surface area contributed by atoms with E-state index < -0.39 is 0 Å². The van der Waals surface area contributed by atoms with Crippen LogP contribution < -0.4 is 16.0 Å². The van der Waals surface area contributed by atoms with Gasteiger partial charge in [-0.05, 0) is 37.1 Å². The number of rotatable bonds is 9. The van der Waals surface area contributed by atoms with Crippen LogP contribution in [0, 0.1) is 5.41 Å². The largest absolute Gasteiger partial charge is 0.379 e. The lowest BCUT2D eigenvalue weighted by atomic mass is 9.95. The summed E-state index contributed by atoms with van der Waals surface area (Å²) in [4.78, 5) is 23.7. The number of nitrogens with one attached hydrogen (secondary N) is 4. The zero-order chi connectivity index (χ0) is 22.9. The molecule has 4 rings (SSSR count). The minimum absolute atomic E-state index is 0.0830. The van der Waals surface area contributed by atoms with Gasteiger partial charge in [-0.25, -0.2) is 4.98 Å². The Kier molecular flexibility index (Phi) is 8.21. The third-order valence-electron chi connectivity index (χ3n) is 6.14. The number of carbonyl (C=O) groups is 1. The van der Waals surface area contributed by atoms with E-state index >= 15 is 0 Å². The molecule has 33 heavy (non-hydrogen) atoms. The van der Waals surface area contributed by atoms with Gasteiger partial charge in [-0.15, -0.1) is 0 Å². The summed E-state index contributed by atoms with van der Waals surface area (Å²) in [5.74, 6) is 1.06. The average Bonchev–Trinajstić information content (AvgIpc) is 2.86. The van der Waals surface area contributed by atoms with E-state index in [2.05, 4.69) is 30.8 Å². The predicted molar refractivity (Wildman–Crippen MR) is 130 cm³/mol. The van der Waals surface area contributed by atoms with E-state index in [9.17, 15) is 4.79 Å². The number of amides is 1. The van der Waals surface area contributed by atoms with Crippen LogP contribution in [-0.4, -0.2) is 72.4 Å². The molecule has 4 N–H and O–H groups in total. The van der Waals surface area contributed by atoms with Crippen LogP contribution in [0.2, 0.25) is 0 Å². The molecule has 2 aliphatic rings. The van der Waals surface area contributed by atoms with Crippen molar-refractivity contribution < 1.29 is 9.53 Å². The molecule has 2 heterocycles. The van der Waals surface area contributed by atoms with E-state index in [0.29, 0.717) is 35.5 Å². The normalized spacial score (nSPS) is 17.3. The monoisotopic (exact) mass is 451 g/mol. The van der Waals surface area contributed by atoms with Gasteiger partial charge in [-0.2, -0.15) is 4.98 Å². The second-order valence-electron chi connectivity index (χ2n) is 8.53. The number of ether oxygens (including phenoxy) is 1. The fourth-order valence-corrected chi connectivity index (χ4v) is 4.20. The number of aromatic nitrogens is 2. The second kappa shape index (κ2) is 11.7. The maximum atomic E-state index is 12.4. The standard InChI is InChI=1S/C24H33N7O2/c25-16-19-17-27-24(30-22(19)28-20-4-2-1-3-5-20)29-21-8-6-18(7-9-21)23(32)26-10-11-31-12-14-33-15-13-31/h6-9,16-17,20,25H,1-5,10-15H2,(H,26,32)(H2,27,28,29,30). The summed E-state index contributed by atoms with van der Waals surface area (Å²) in [5.41, 5.74) is 2.09. The van der Waals surface area contributed by atoms with Crippen molar-refractivity contribution in [1.29, 1.82) is 5.41 Å². The topological polar surface area (TPSA) is 115 Å². The number of hydrogen-bond acceptors (Lipinski definition) is 8. The van der Waals surface area contributed by atoms with Crippen LogP contribution in [0.5, 0.6) is 0 Å². The molecule has 9 heteroatoms. The van der Waals surface area contributed by atoms with E-state index in [1.165, 1.54) is 25.5 Å². The summed E-state index contributed by atoms with van der Waals surface area (Å²) in [6, 6.07) is 7.66. The van der Waals surface area contributed by atoms with E-state index in [1.807, 2.05) is 12.1 Å². The van der Waals surface area contributed by atoms with Gasteiger partial charge in [0.1, 0.15) is 5.82 Å². The number of morpholine rings is 1. The number of nitrogens with zero attached hydrogens (tertiary/aromatic N) is 3. The van der Waals surface area contributed by atoms with Crippen molar-refractivity contribution in [3.05, 3.63) is 41.6 Å². The summed E-state index contributed by atoms with van der Waals surface area (Å²) < 4.78 is 5.35. The van der Waals surface area contributed by atoms with Gasteiger partial charge in [0, 0.05) is 55.9 Å². The molecule has 0 unspecified atom stereocenters. The molecule has 2 fully saturated rings. The Morgan fingerprint density at radius 3 is 2.64 bits per heavy atom. The van der Waals surface area contributed by atoms with Crippen molar-refractivity contribution in [2.75, 3.05) is 50.0 Å². The van der Waals surface area contributed by atoms with Crippen LogP contribution in [0.25, 0.3) is 0 Å². The fraction of sp³-hybridized carbons (Fsp3) is 0.500. The number of benzene rings is 1. The first kappa shape index (κ1) is 23.1. The van der Waals surface area contributed by atoms with Crippen molar-refractivity contribution in [3.8, 4) is 0 Å². The lowest BCUT2D eigenvalue weighted by molar-refractivity contribution is 0.0383. The van der Waals surface area contributed by atoms with E-state index in [-0.39, 0.29) is 5.91 Å². The maximum Gasteiger partial charge on any atom is 0.251 e. The molecule has 1 aliphatic carbocycles. The molecule has 1 saturated heterocycles. The second-order valence-corrected chi connectivity index (χ2v) is 8.53. The molecule has 1 aliphatic heterocycles. The molecule has 176 valence electrons. The van der Waals surface area contributed by atoms with Gasteiger partial charge in [0.15, 0.2) is 0 Å². The van der Waals surface area contributed by atoms with Crippen LogP contribution in [0.15, 0.2) is 30.5 Å². The molecular weight excluding hydrogens is 418 g/mol. The summed E-state index contributed by atoms with van der Waals surface area (Å²) >= 11 is 0. The summed E-state index contributed by atoms with van der Waals surface area (Å²) in [5, 5.41) is 17.3. The van der Waals surface area contributed by atoms with Crippen molar-refractivity contribution in [3.63, 3.8) is 0 Å². The third-order valence-corrected chi connectivity index (χ3v) is 6.14. The number of hydrogen-bond donors (Lipinski definition) is 4. The molecule has 0 spiro atoms. The number of anilines is 3. The minimum Gasteiger partial charge on any atom is -0.379 e. The first-order valence-corrected chi connectivity index (χ1v) is 11.8. The highest BCUT2D eigenvalue weighted by Gasteiger charge is 2.16. The fourth-order valence-electron chi connectivity index (χ4n) is 4.20. The Morgan fingerprint density at radius 1 is 1.15 bits per heavy atom. The zero-order valence-electron chi connectivity index (χ0n) is 19.0. The highest BCUT2D eigenvalue weighted by Crippen LogP contribution is 2.23. The van der Waals surface area contributed by atoms with Crippen LogP contribution in [0.1, 0.15) is 48.0 Å². The highest BCUT2D eigenvalue weighted by atomic mass is 16.5. The van der Waals surface area contributed by atoms with Crippen LogP contribution >= 0.6 is 0 Å². The van der Waals surface area contributed by atoms with Gasteiger partial charge in [-0.1, -0.05) is 19.3 Å². The molecule has 2 aromatic rings. The minimum atomic E-state index is -0.0830. The van der Waals surface area contributed by atoms with Gasteiger partial charge < -0.3 is 26.1 Å². The van der Waals surface area contributed by atoms with Crippen molar-refractivity contribution in [2.45, 2.75) is 38.1 Å². The molecular formula is C24H33N7O2. The lowest BCUT2D eigenvalue weighted by Crippen LogP contribution is -2.41. The van der Waals surface area contributed by atoms with Crippen LogP contribution in [0.4, 0.5) is 17.5 Å². The molecule has 0 bridgehead atoms. The Bertz CT molecular complexity index is 923. The van der Waals surface area contributed by atoms with Crippen molar-refractivity contribution >= 4 is 29.6 Å². The van der Waals surface area contributed by atoms with Crippen LogP contribution in [0.3, 0.4) is 0 Å². The zero-order valence-corrected chi connectivity index (χ0v) is 19.0. The van der Waals surface area contributed by atoms with Crippen LogP contribution in [-0.2, 0) is 4.74 Å². The van der Waals surface area contributed by atoms with Gasteiger partial charge in [0.2, 0.25) is 5.95 Å². The van der Waals surface area contributed by atoms with Crippen molar-refractivity contribution in [1.82, 2.24) is 20.2 Å². The molecule has 1 aromatic carbocycles. The Morgan fingerprint density at radius 2 is 1.91 bits per heavy atom. The van der Waals surface area contributed by atoms with E-state index in [1.54, 1.807) is 18.3 Å². The first-order valence-electron chi connectivity index (χ1n) is 11.8. The highest BCUT2D eigenvalue weighted by molar-refractivity contribution is 5.94. The smallest absolute Gasteiger partial charge is 0.251 e. The van der Waals surface area contributed by atoms with E-state index in [4.69, 9.17) is 10.1 Å². The molecule has 0 atom stereocenters. The molecule has 0 radical (unpaired) electrons. The molecule has 1 aromatic heterocycles. The Hall–Kier alpha value is -3.04. The molecule has 1 amide bonds. The van der Waals surface area contributed by atoms with Gasteiger partial charge in [-0.3, -0.25) is 9.69 Å². The third kappa shape index (κ3) is 6.72. The summed E-state index contributed by atoms with van der Waals surface area (Å²) in [6.45, 7) is 4.79. The van der Waals surface area contributed by atoms with E-state index in [0.717, 1.165) is 51.4 Å². The summed E-state index contributed by atoms with van der Waals surface area (Å²) in [6.07, 6.45) is 8.92. The molecule has 1 saturated carbocycles. The number of carbonyl (C=O) groups excluding carboxylic acids is 1. The van der Waals surface area contributed by atoms with Gasteiger partial charge in [0.05, 0.1) is 18.8 Å². The maximum absolute atomic E-state index is 12.4. The Labute approximate surface area is 194 Å². The van der Waals surface area contributed by atoms with Gasteiger partial charge >= 0.3 is 0 Å².